The summed E-state index contributed by atoms with van der Waals surface area (Å²) >= 11 is 0. The summed E-state index contributed by atoms with van der Waals surface area (Å²) in [7, 11) is 3.87. The lowest BCUT2D eigenvalue weighted by Crippen LogP contribution is -2.42. The second kappa shape index (κ2) is 5.77. The summed E-state index contributed by atoms with van der Waals surface area (Å²) in [6, 6.07) is 10.2. The van der Waals surface area contributed by atoms with E-state index in [4.69, 9.17) is 0 Å². The molecule has 2 aromatic heterocycles. The van der Waals surface area contributed by atoms with E-state index in [9.17, 15) is 4.79 Å². The number of fused-ring (bicyclic) bond motifs is 1. The highest BCUT2D eigenvalue weighted by molar-refractivity contribution is 5.91. The largest absolute Gasteiger partial charge is 0.337 e. The first-order valence-corrected chi connectivity index (χ1v) is 9.34. The summed E-state index contributed by atoms with van der Waals surface area (Å²) in [6.07, 6.45) is 4.36. The van der Waals surface area contributed by atoms with Gasteiger partial charge < -0.3 is 9.47 Å². The van der Waals surface area contributed by atoms with Gasteiger partial charge in [0.2, 0.25) is 5.91 Å². The van der Waals surface area contributed by atoms with Gasteiger partial charge in [-0.15, -0.1) is 10.2 Å². The van der Waals surface area contributed by atoms with Crippen molar-refractivity contribution in [1.82, 2.24) is 29.4 Å². The zero-order valence-electron chi connectivity index (χ0n) is 15.6. The Labute approximate surface area is 157 Å². The second-order valence-electron chi connectivity index (χ2n) is 7.59. The third kappa shape index (κ3) is 2.41. The molecule has 0 spiro atoms. The van der Waals surface area contributed by atoms with E-state index in [1.54, 1.807) is 6.33 Å². The van der Waals surface area contributed by atoms with Crippen LogP contribution < -0.4 is 0 Å². The first kappa shape index (κ1) is 16.2. The Balaban J connectivity index is 1.48. The topological polar surface area (TPSA) is 68.8 Å². The number of aromatic nitrogens is 5. The maximum Gasteiger partial charge on any atom is 0.233 e. The molecule has 3 heterocycles. The van der Waals surface area contributed by atoms with Crippen molar-refractivity contribution in [2.24, 2.45) is 14.1 Å². The Kier molecular flexibility index (Phi) is 3.47. The molecule has 0 unspecified atom stereocenters. The fourth-order valence-corrected chi connectivity index (χ4v) is 4.25. The number of carbonyl (C=O) groups is 1. The fourth-order valence-electron chi connectivity index (χ4n) is 4.25. The molecular formula is C20H22N6O. The molecule has 0 atom stereocenters. The number of nitrogens with zero attached hydrogens (tertiary/aromatic N) is 6. The van der Waals surface area contributed by atoms with Crippen LogP contribution in [0.15, 0.2) is 36.7 Å². The third-order valence-electron chi connectivity index (χ3n) is 5.94. The van der Waals surface area contributed by atoms with Gasteiger partial charge in [-0.25, -0.2) is 0 Å². The van der Waals surface area contributed by atoms with Crippen LogP contribution in [-0.2, 0) is 37.3 Å². The molecule has 3 aromatic rings. The molecule has 1 aliphatic carbocycles. The average molecular weight is 362 g/mol. The molecule has 138 valence electrons. The van der Waals surface area contributed by atoms with Crippen molar-refractivity contribution in [3.05, 3.63) is 53.5 Å². The second-order valence-corrected chi connectivity index (χ2v) is 7.59. The molecule has 1 amide bonds. The molecule has 0 radical (unpaired) electrons. The Morgan fingerprint density at radius 3 is 2.59 bits per heavy atom. The number of hydrogen-bond acceptors (Lipinski definition) is 4. The van der Waals surface area contributed by atoms with Gasteiger partial charge in [0.1, 0.15) is 12.0 Å². The van der Waals surface area contributed by atoms with E-state index in [2.05, 4.69) is 27.4 Å². The van der Waals surface area contributed by atoms with Crippen LogP contribution >= 0.6 is 0 Å². The summed E-state index contributed by atoms with van der Waals surface area (Å²) < 4.78 is 3.79. The monoisotopic (exact) mass is 362 g/mol. The molecule has 1 fully saturated rings. The number of amides is 1. The van der Waals surface area contributed by atoms with Crippen molar-refractivity contribution < 1.29 is 4.79 Å². The van der Waals surface area contributed by atoms with Gasteiger partial charge in [-0.05, 0) is 18.4 Å². The predicted octanol–water partition coefficient (Wildman–Crippen LogP) is 1.83. The number of benzene rings is 1. The van der Waals surface area contributed by atoms with E-state index < -0.39 is 0 Å². The van der Waals surface area contributed by atoms with Crippen molar-refractivity contribution in [1.29, 1.82) is 0 Å². The fraction of sp³-hybridized carbons (Fsp3) is 0.400. The molecule has 5 rings (SSSR count). The quantitative estimate of drug-likeness (QED) is 0.713. The molecule has 0 saturated heterocycles. The van der Waals surface area contributed by atoms with Crippen LogP contribution in [0.4, 0.5) is 0 Å². The zero-order chi connectivity index (χ0) is 18.6. The molecule has 1 aliphatic heterocycles. The molecule has 0 N–H and O–H groups in total. The summed E-state index contributed by atoms with van der Waals surface area (Å²) in [5.74, 6) is 0.984. The molecule has 2 aliphatic rings. The molecule has 1 saturated carbocycles. The lowest BCUT2D eigenvalue weighted by Gasteiger charge is -2.31. The number of aryl methyl sites for hydroxylation is 2. The Morgan fingerprint density at radius 1 is 1.15 bits per heavy atom. The summed E-state index contributed by atoms with van der Waals surface area (Å²) in [6.45, 7) is 1.32. The van der Waals surface area contributed by atoms with Crippen molar-refractivity contribution in [3.8, 4) is 11.5 Å². The Bertz CT molecular complexity index is 1010. The SMILES string of the molecule is Cn1cnnc1-c1nn(C)c2c1CN(C(=O)C1(c3ccccc3)CC1)CC2. The highest BCUT2D eigenvalue weighted by Crippen LogP contribution is 2.50. The minimum Gasteiger partial charge on any atom is -0.337 e. The van der Waals surface area contributed by atoms with Crippen molar-refractivity contribution in [2.75, 3.05) is 6.54 Å². The van der Waals surface area contributed by atoms with Crippen LogP contribution in [0, 0.1) is 0 Å². The van der Waals surface area contributed by atoms with E-state index in [0.717, 1.165) is 48.5 Å². The van der Waals surface area contributed by atoms with Crippen LogP contribution in [0.25, 0.3) is 11.5 Å². The number of carbonyl (C=O) groups excluding carboxylic acids is 1. The van der Waals surface area contributed by atoms with E-state index >= 15 is 0 Å². The minimum absolute atomic E-state index is 0.243. The minimum atomic E-state index is -0.327. The van der Waals surface area contributed by atoms with Crippen molar-refractivity contribution >= 4 is 5.91 Å². The maximum atomic E-state index is 13.4. The Morgan fingerprint density at radius 2 is 1.93 bits per heavy atom. The zero-order valence-corrected chi connectivity index (χ0v) is 15.6. The van der Waals surface area contributed by atoms with E-state index in [1.807, 2.05) is 46.4 Å². The van der Waals surface area contributed by atoms with E-state index in [1.165, 1.54) is 5.69 Å². The first-order chi connectivity index (χ1) is 13.1. The first-order valence-electron chi connectivity index (χ1n) is 9.34. The van der Waals surface area contributed by atoms with Crippen LogP contribution in [-0.4, -0.2) is 41.9 Å². The van der Waals surface area contributed by atoms with Gasteiger partial charge in [0.15, 0.2) is 5.82 Å². The molecule has 7 heteroatoms. The number of hydrogen-bond donors (Lipinski definition) is 0. The third-order valence-corrected chi connectivity index (χ3v) is 5.94. The average Bonchev–Trinajstić information content (AvgIpc) is 3.31. The Hall–Kier alpha value is -2.96. The van der Waals surface area contributed by atoms with Gasteiger partial charge >= 0.3 is 0 Å². The van der Waals surface area contributed by atoms with Gasteiger partial charge in [-0.3, -0.25) is 9.48 Å². The standard InChI is InChI=1S/C20H22N6O/c1-24-13-21-22-18(24)17-15-12-26(11-8-16(15)25(2)23-17)19(27)20(9-10-20)14-6-4-3-5-7-14/h3-7,13H,8-12H2,1-2H3. The summed E-state index contributed by atoms with van der Waals surface area (Å²) in [5, 5.41) is 12.9. The van der Waals surface area contributed by atoms with Crippen molar-refractivity contribution in [3.63, 3.8) is 0 Å². The molecule has 7 nitrogen and oxygen atoms in total. The molecule has 1 aromatic carbocycles. The van der Waals surface area contributed by atoms with Crippen molar-refractivity contribution in [2.45, 2.75) is 31.2 Å². The maximum absolute atomic E-state index is 13.4. The molecular weight excluding hydrogens is 340 g/mol. The normalized spacial score (nSPS) is 17.6. The van der Waals surface area contributed by atoms with Crippen LogP contribution in [0.1, 0.15) is 29.7 Å². The highest BCUT2D eigenvalue weighted by Gasteiger charge is 2.53. The lowest BCUT2D eigenvalue weighted by atomic mass is 9.93. The van der Waals surface area contributed by atoms with E-state index in [-0.39, 0.29) is 11.3 Å². The van der Waals surface area contributed by atoms with Crippen LogP contribution in [0.2, 0.25) is 0 Å². The van der Waals surface area contributed by atoms with Gasteiger partial charge in [0, 0.05) is 44.9 Å². The molecule has 0 bridgehead atoms. The smallest absolute Gasteiger partial charge is 0.233 e. The lowest BCUT2D eigenvalue weighted by molar-refractivity contribution is -0.134. The van der Waals surface area contributed by atoms with Crippen LogP contribution in [0.5, 0.6) is 0 Å². The summed E-state index contributed by atoms with van der Waals surface area (Å²) in [4.78, 5) is 15.4. The highest BCUT2D eigenvalue weighted by atomic mass is 16.2. The van der Waals surface area contributed by atoms with E-state index in [0.29, 0.717) is 6.54 Å². The van der Waals surface area contributed by atoms with Gasteiger partial charge in [0.05, 0.1) is 5.41 Å². The number of rotatable bonds is 3. The predicted molar refractivity (Wildman–Crippen MR) is 99.7 cm³/mol. The van der Waals surface area contributed by atoms with Crippen LogP contribution in [0.3, 0.4) is 0 Å². The summed E-state index contributed by atoms with van der Waals surface area (Å²) in [5.41, 5.74) is 3.92. The molecule has 27 heavy (non-hydrogen) atoms. The van der Waals surface area contributed by atoms with Gasteiger partial charge in [0.25, 0.3) is 0 Å². The van der Waals surface area contributed by atoms with Gasteiger partial charge in [-0.1, -0.05) is 30.3 Å². The van der Waals surface area contributed by atoms with Gasteiger partial charge in [-0.2, -0.15) is 5.10 Å².